The lowest BCUT2D eigenvalue weighted by atomic mass is 9.98. The van der Waals surface area contributed by atoms with Gasteiger partial charge >= 0.3 is 12.1 Å². The van der Waals surface area contributed by atoms with Gasteiger partial charge < -0.3 is 20.1 Å². The molecule has 1 unspecified atom stereocenters. The Hall–Kier alpha value is -4.14. The maximum atomic E-state index is 12.9. The molecule has 1 heterocycles. The first-order valence-electron chi connectivity index (χ1n) is 11.5. The molecule has 0 saturated heterocycles. The topological polar surface area (TPSA) is 114 Å². The van der Waals surface area contributed by atoms with E-state index in [1.54, 1.807) is 17.9 Å². The Morgan fingerprint density at radius 1 is 1.11 bits per heavy atom. The first kappa shape index (κ1) is 24.0. The fourth-order valence-corrected chi connectivity index (χ4v) is 4.44. The van der Waals surface area contributed by atoms with Gasteiger partial charge in [-0.15, -0.1) is 0 Å². The number of hydrogen-bond acceptors (Lipinski definition) is 5. The molecule has 9 nitrogen and oxygen atoms in total. The fourth-order valence-electron chi connectivity index (χ4n) is 4.44. The van der Waals surface area contributed by atoms with Gasteiger partial charge in [0.2, 0.25) is 5.91 Å². The van der Waals surface area contributed by atoms with Crippen LogP contribution in [0.15, 0.2) is 60.9 Å². The number of nitrogens with zero attached hydrogens (tertiary/aromatic N) is 3. The molecule has 182 valence electrons. The van der Waals surface area contributed by atoms with Crippen molar-refractivity contribution in [2.75, 3.05) is 13.7 Å². The number of likely N-dealkylation sites (N-methyl/N-ethyl adjacent to an activating group) is 1. The molecule has 0 fully saturated rings. The summed E-state index contributed by atoms with van der Waals surface area (Å²) in [5.74, 6) is -1.86. The van der Waals surface area contributed by atoms with Crippen LogP contribution in [0, 0.1) is 0 Å². The van der Waals surface area contributed by atoms with E-state index in [0.29, 0.717) is 6.54 Å². The molecular formula is C26H28N4O5. The summed E-state index contributed by atoms with van der Waals surface area (Å²) in [6, 6.07) is 14.7. The van der Waals surface area contributed by atoms with Crippen molar-refractivity contribution in [3.63, 3.8) is 0 Å². The molecule has 0 radical (unpaired) electrons. The minimum Gasteiger partial charge on any atom is -0.481 e. The van der Waals surface area contributed by atoms with Crippen LogP contribution < -0.4 is 5.32 Å². The highest BCUT2D eigenvalue weighted by molar-refractivity contribution is 5.89. The zero-order valence-corrected chi connectivity index (χ0v) is 19.7. The molecule has 4 rings (SSSR count). The van der Waals surface area contributed by atoms with E-state index in [9.17, 15) is 19.5 Å². The van der Waals surface area contributed by atoms with Crippen LogP contribution in [0.2, 0.25) is 0 Å². The van der Waals surface area contributed by atoms with E-state index in [2.05, 4.69) is 10.4 Å². The number of hydrogen-bond donors (Lipinski definition) is 2. The van der Waals surface area contributed by atoms with Crippen molar-refractivity contribution >= 4 is 18.0 Å². The molecule has 1 aliphatic rings. The van der Waals surface area contributed by atoms with Gasteiger partial charge in [0.05, 0.1) is 12.6 Å². The van der Waals surface area contributed by atoms with E-state index in [-0.39, 0.29) is 19.1 Å². The predicted molar refractivity (Wildman–Crippen MR) is 129 cm³/mol. The van der Waals surface area contributed by atoms with Crippen molar-refractivity contribution in [1.29, 1.82) is 0 Å². The number of aromatic nitrogens is 2. The molecule has 0 spiro atoms. The number of carboxylic acids is 1. The minimum atomic E-state index is -1.26. The second kappa shape index (κ2) is 10.4. The summed E-state index contributed by atoms with van der Waals surface area (Å²) in [7, 11) is 1.56. The Morgan fingerprint density at radius 3 is 2.31 bits per heavy atom. The van der Waals surface area contributed by atoms with Crippen LogP contribution in [0.3, 0.4) is 0 Å². The van der Waals surface area contributed by atoms with Crippen molar-refractivity contribution < 1.29 is 24.2 Å². The fraction of sp³-hybridized carbons (Fsp3) is 0.308. The molecule has 1 aliphatic carbocycles. The molecule has 2 amide bonds. The first-order valence-corrected chi connectivity index (χ1v) is 11.5. The predicted octanol–water partition coefficient (Wildman–Crippen LogP) is 3.24. The number of nitrogens with one attached hydrogen (secondary N) is 1. The second-order valence-corrected chi connectivity index (χ2v) is 8.52. The quantitative estimate of drug-likeness (QED) is 0.490. The monoisotopic (exact) mass is 476 g/mol. The van der Waals surface area contributed by atoms with E-state index in [0.717, 1.165) is 27.8 Å². The summed E-state index contributed by atoms with van der Waals surface area (Å²) in [4.78, 5) is 38.3. The highest BCUT2D eigenvalue weighted by atomic mass is 16.5. The smallest absolute Gasteiger partial charge is 0.407 e. The third-order valence-corrected chi connectivity index (χ3v) is 6.12. The molecular weight excluding hydrogens is 448 g/mol. The second-order valence-electron chi connectivity index (χ2n) is 8.52. The van der Waals surface area contributed by atoms with Gasteiger partial charge in [-0.2, -0.15) is 5.10 Å². The van der Waals surface area contributed by atoms with Crippen LogP contribution in [0.25, 0.3) is 11.1 Å². The third kappa shape index (κ3) is 5.34. The SMILES string of the molecule is CCn1cc(CN(C)C(=O)C(CC(=O)O)NC(=O)OCC2c3ccccc3-c3ccccc32)cn1. The van der Waals surface area contributed by atoms with Gasteiger partial charge in [0.25, 0.3) is 0 Å². The van der Waals surface area contributed by atoms with Crippen molar-refractivity contribution in [2.45, 2.75) is 38.4 Å². The van der Waals surface area contributed by atoms with E-state index >= 15 is 0 Å². The molecule has 2 aromatic carbocycles. The van der Waals surface area contributed by atoms with E-state index < -0.39 is 30.4 Å². The van der Waals surface area contributed by atoms with Gasteiger partial charge in [-0.25, -0.2) is 4.79 Å². The number of aliphatic carboxylic acids is 1. The zero-order chi connectivity index (χ0) is 24.9. The standard InChI is InChI=1S/C26H28N4O5/c1-3-30-15-17(13-27-30)14-29(2)25(33)23(12-24(31)32)28-26(34)35-16-22-20-10-6-4-8-18(20)19-9-5-7-11-21(19)22/h4-11,13,15,22-23H,3,12,14,16H2,1-2H3,(H,28,34)(H,31,32). The molecule has 0 bridgehead atoms. The van der Waals surface area contributed by atoms with E-state index in [1.165, 1.54) is 4.90 Å². The number of aryl methyl sites for hydroxylation is 1. The lowest BCUT2D eigenvalue weighted by Crippen LogP contribution is -2.48. The Balaban J connectivity index is 1.41. The van der Waals surface area contributed by atoms with Crippen LogP contribution in [-0.2, 0) is 27.4 Å². The minimum absolute atomic E-state index is 0.0693. The number of fused-ring (bicyclic) bond motifs is 3. The van der Waals surface area contributed by atoms with Crippen LogP contribution in [-0.4, -0.2) is 57.5 Å². The third-order valence-electron chi connectivity index (χ3n) is 6.12. The zero-order valence-electron chi connectivity index (χ0n) is 19.7. The lowest BCUT2D eigenvalue weighted by molar-refractivity contribution is -0.142. The van der Waals surface area contributed by atoms with E-state index in [4.69, 9.17) is 4.74 Å². The largest absolute Gasteiger partial charge is 0.481 e. The molecule has 2 N–H and O–H groups in total. The van der Waals surface area contributed by atoms with Crippen molar-refractivity contribution in [2.24, 2.45) is 0 Å². The summed E-state index contributed by atoms with van der Waals surface area (Å²) < 4.78 is 7.22. The van der Waals surface area contributed by atoms with Gasteiger partial charge in [-0.05, 0) is 29.2 Å². The van der Waals surface area contributed by atoms with Gasteiger partial charge in [0, 0.05) is 37.8 Å². The van der Waals surface area contributed by atoms with Crippen LogP contribution in [0.4, 0.5) is 4.79 Å². The Labute approximate surface area is 203 Å². The number of ether oxygens (including phenoxy) is 1. The lowest BCUT2D eigenvalue weighted by Gasteiger charge is -2.23. The Kier molecular flexibility index (Phi) is 7.14. The van der Waals surface area contributed by atoms with Gasteiger partial charge in [0.15, 0.2) is 0 Å². The number of amides is 2. The molecule has 0 aliphatic heterocycles. The van der Waals surface area contributed by atoms with Crippen LogP contribution >= 0.6 is 0 Å². The molecule has 0 saturated carbocycles. The average molecular weight is 477 g/mol. The maximum Gasteiger partial charge on any atom is 0.407 e. The highest BCUT2D eigenvalue weighted by Crippen LogP contribution is 2.44. The number of carbonyl (C=O) groups is 3. The summed E-state index contributed by atoms with van der Waals surface area (Å²) in [5.41, 5.74) is 5.13. The van der Waals surface area contributed by atoms with Crippen molar-refractivity contribution in [1.82, 2.24) is 20.0 Å². The average Bonchev–Trinajstić information content (AvgIpc) is 3.43. The Bertz CT molecular complexity index is 1190. The normalized spacial score (nSPS) is 13.0. The van der Waals surface area contributed by atoms with Gasteiger partial charge in [-0.3, -0.25) is 14.3 Å². The van der Waals surface area contributed by atoms with Gasteiger partial charge in [-0.1, -0.05) is 48.5 Å². The van der Waals surface area contributed by atoms with Crippen molar-refractivity contribution in [3.8, 4) is 11.1 Å². The highest BCUT2D eigenvalue weighted by Gasteiger charge is 2.31. The molecule has 1 atom stereocenters. The number of rotatable bonds is 9. The number of carbonyl (C=O) groups excluding carboxylic acids is 2. The number of carboxylic acid groups (broad SMARTS) is 1. The summed E-state index contributed by atoms with van der Waals surface area (Å²) in [6.07, 6.45) is 2.08. The van der Waals surface area contributed by atoms with Crippen molar-refractivity contribution in [3.05, 3.63) is 77.6 Å². The van der Waals surface area contributed by atoms with Crippen LogP contribution in [0.1, 0.15) is 36.0 Å². The summed E-state index contributed by atoms with van der Waals surface area (Å²) in [6.45, 7) is 2.96. The summed E-state index contributed by atoms with van der Waals surface area (Å²) >= 11 is 0. The van der Waals surface area contributed by atoms with Gasteiger partial charge in [0.1, 0.15) is 12.6 Å². The van der Waals surface area contributed by atoms with Crippen LogP contribution in [0.5, 0.6) is 0 Å². The number of benzene rings is 2. The molecule has 35 heavy (non-hydrogen) atoms. The summed E-state index contributed by atoms with van der Waals surface area (Å²) in [5, 5.41) is 15.9. The first-order chi connectivity index (χ1) is 16.9. The van der Waals surface area contributed by atoms with E-state index in [1.807, 2.05) is 61.7 Å². The molecule has 3 aromatic rings. The molecule has 9 heteroatoms. The maximum absolute atomic E-state index is 12.9. The Morgan fingerprint density at radius 2 is 1.74 bits per heavy atom. The number of alkyl carbamates (subject to hydrolysis) is 1. The molecule has 1 aromatic heterocycles.